The van der Waals surface area contributed by atoms with Crippen LogP contribution in [-0.2, 0) is 11.2 Å². The largest absolute Gasteiger partial charge is 0.298 e. The highest BCUT2D eigenvalue weighted by molar-refractivity contribution is 6.27. The number of rotatable bonds is 3. The molecule has 1 heterocycles. The molecule has 0 spiro atoms. The number of ketones is 1. The van der Waals surface area contributed by atoms with Crippen LogP contribution in [0.15, 0.2) is 12.4 Å². The van der Waals surface area contributed by atoms with Gasteiger partial charge in [0.2, 0.25) is 0 Å². The second-order valence-corrected chi connectivity index (χ2v) is 2.77. The number of aryl methyl sites for hydroxylation is 1. The molecule has 0 bridgehead atoms. The van der Waals surface area contributed by atoms with Crippen LogP contribution < -0.4 is 0 Å². The Morgan fingerprint density at radius 2 is 2.33 bits per heavy atom. The third kappa shape index (κ3) is 2.58. The lowest BCUT2D eigenvalue weighted by Crippen LogP contribution is -2.05. The van der Waals surface area contributed by atoms with Gasteiger partial charge in [-0.05, 0) is 13.0 Å². The molecule has 0 saturated carbocycles. The first-order valence-electron chi connectivity index (χ1n) is 3.57. The van der Waals surface area contributed by atoms with Crippen LogP contribution in [0.3, 0.4) is 0 Å². The van der Waals surface area contributed by atoms with Crippen molar-refractivity contribution in [3.63, 3.8) is 0 Å². The van der Waals surface area contributed by atoms with Crippen LogP contribution in [0.25, 0.3) is 0 Å². The summed E-state index contributed by atoms with van der Waals surface area (Å²) in [7, 11) is 0. The molecule has 0 aliphatic rings. The Morgan fingerprint density at radius 3 is 2.92 bits per heavy atom. The van der Waals surface area contributed by atoms with Gasteiger partial charge in [0.05, 0.1) is 18.0 Å². The van der Waals surface area contributed by atoms with E-state index in [1.165, 1.54) is 6.33 Å². The number of hydrogen-bond donors (Lipinski definition) is 0. The van der Waals surface area contributed by atoms with Crippen LogP contribution in [0.5, 0.6) is 0 Å². The molecule has 0 amide bonds. The van der Waals surface area contributed by atoms with Gasteiger partial charge >= 0.3 is 0 Å². The van der Waals surface area contributed by atoms with Crippen LogP contribution in [0.1, 0.15) is 11.4 Å². The molecule has 0 aromatic carbocycles. The fourth-order valence-electron chi connectivity index (χ4n) is 0.856. The number of carbonyl (C=O) groups excluding carboxylic acids is 1. The van der Waals surface area contributed by atoms with Crippen molar-refractivity contribution in [2.75, 3.05) is 5.88 Å². The van der Waals surface area contributed by atoms with Crippen LogP contribution in [0.4, 0.5) is 0 Å². The number of Topliss-reactive ketones (excluding diaryl/α,β-unsaturated/α-hetero) is 1. The van der Waals surface area contributed by atoms with Gasteiger partial charge in [0.1, 0.15) is 6.33 Å². The van der Waals surface area contributed by atoms with Crippen molar-refractivity contribution in [2.24, 2.45) is 0 Å². The third-order valence-corrected chi connectivity index (χ3v) is 1.69. The summed E-state index contributed by atoms with van der Waals surface area (Å²) < 4.78 is 0. The van der Waals surface area contributed by atoms with E-state index in [1.54, 1.807) is 6.07 Å². The van der Waals surface area contributed by atoms with Gasteiger partial charge in [-0.25, -0.2) is 9.97 Å². The lowest BCUT2D eigenvalue weighted by atomic mass is 10.2. The number of hydrogen-bond acceptors (Lipinski definition) is 3. The van der Waals surface area contributed by atoms with Gasteiger partial charge in [0.25, 0.3) is 0 Å². The predicted molar refractivity (Wildman–Crippen MR) is 46.2 cm³/mol. The van der Waals surface area contributed by atoms with Crippen molar-refractivity contribution in [2.45, 2.75) is 13.3 Å². The number of aromatic nitrogens is 2. The van der Waals surface area contributed by atoms with Crippen molar-refractivity contribution in [1.82, 2.24) is 9.97 Å². The van der Waals surface area contributed by atoms with E-state index >= 15 is 0 Å². The summed E-state index contributed by atoms with van der Waals surface area (Å²) in [5, 5.41) is 0. The quantitative estimate of drug-likeness (QED) is 0.662. The molecule has 0 atom stereocenters. The molecule has 64 valence electrons. The van der Waals surface area contributed by atoms with Crippen molar-refractivity contribution in [3.05, 3.63) is 23.8 Å². The zero-order valence-corrected chi connectivity index (χ0v) is 7.51. The zero-order chi connectivity index (χ0) is 8.97. The Balaban J connectivity index is 2.69. The molecule has 1 aromatic heterocycles. The molecule has 12 heavy (non-hydrogen) atoms. The van der Waals surface area contributed by atoms with Crippen LogP contribution in [0.2, 0.25) is 0 Å². The second kappa shape index (κ2) is 4.16. The summed E-state index contributed by atoms with van der Waals surface area (Å²) >= 11 is 5.35. The lowest BCUT2D eigenvalue weighted by molar-refractivity contribution is -0.116. The summed E-state index contributed by atoms with van der Waals surface area (Å²) in [6.07, 6.45) is 1.75. The van der Waals surface area contributed by atoms with Crippen molar-refractivity contribution in [3.8, 4) is 0 Å². The van der Waals surface area contributed by atoms with E-state index in [4.69, 9.17) is 11.6 Å². The van der Waals surface area contributed by atoms with Crippen LogP contribution >= 0.6 is 11.6 Å². The van der Waals surface area contributed by atoms with Gasteiger partial charge in [-0.2, -0.15) is 0 Å². The molecule has 3 nitrogen and oxygen atoms in total. The molecule has 0 aliphatic carbocycles. The maximum atomic E-state index is 10.9. The number of nitrogens with zero attached hydrogens (tertiary/aromatic N) is 2. The van der Waals surface area contributed by atoms with E-state index in [-0.39, 0.29) is 11.7 Å². The van der Waals surface area contributed by atoms with E-state index in [1.807, 2.05) is 6.92 Å². The standard InChI is InChI=1S/C8H9ClN2O/c1-6-2-7(11-5-10-6)3-8(12)4-9/h2,5H,3-4H2,1H3. The minimum absolute atomic E-state index is 0.0187. The SMILES string of the molecule is Cc1cc(CC(=O)CCl)ncn1. The zero-order valence-electron chi connectivity index (χ0n) is 6.75. The van der Waals surface area contributed by atoms with E-state index in [0.717, 1.165) is 11.4 Å². The molecule has 0 radical (unpaired) electrons. The third-order valence-electron chi connectivity index (χ3n) is 1.39. The van der Waals surface area contributed by atoms with Gasteiger partial charge in [-0.3, -0.25) is 4.79 Å². The first kappa shape index (κ1) is 9.13. The summed E-state index contributed by atoms with van der Waals surface area (Å²) in [6.45, 7) is 1.86. The fourth-order valence-corrected chi connectivity index (χ4v) is 0.950. The highest BCUT2D eigenvalue weighted by atomic mass is 35.5. The van der Waals surface area contributed by atoms with Crippen LogP contribution in [0, 0.1) is 6.92 Å². The molecular formula is C8H9ClN2O. The van der Waals surface area contributed by atoms with Crippen molar-refractivity contribution in [1.29, 1.82) is 0 Å². The Morgan fingerprint density at radius 1 is 1.58 bits per heavy atom. The highest BCUT2D eigenvalue weighted by Gasteiger charge is 2.02. The molecule has 0 fully saturated rings. The number of carbonyl (C=O) groups is 1. The predicted octanol–water partition coefficient (Wildman–Crippen LogP) is 1.14. The Labute approximate surface area is 75.8 Å². The molecule has 0 N–H and O–H groups in total. The maximum Gasteiger partial charge on any atom is 0.153 e. The molecule has 0 unspecified atom stereocenters. The van der Waals surface area contributed by atoms with E-state index in [0.29, 0.717) is 6.42 Å². The Bertz CT molecular complexity index is 288. The van der Waals surface area contributed by atoms with Gasteiger partial charge in [-0.15, -0.1) is 11.6 Å². The molecule has 1 rings (SSSR count). The van der Waals surface area contributed by atoms with Gasteiger partial charge in [0, 0.05) is 5.69 Å². The monoisotopic (exact) mass is 184 g/mol. The normalized spacial score (nSPS) is 9.83. The molecule has 0 saturated heterocycles. The summed E-state index contributed by atoms with van der Waals surface area (Å²) in [5.41, 5.74) is 1.59. The van der Waals surface area contributed by atoms with Gasteiger partial charge < -0.3 is 0 Å². The fraction of sp³-hybridized carbons (Fsp3) is 0.375. The minimum Gasteiger partial charge on any atom is -0.298 e. The molecule has 4 heteroatoms. The van der Waals surface area contributed by atoms with E-state index in [9.17, 15) is 4.79 Å². The van der Waals surface area contributed by atoms with Crippen LogP contribution in [-0.4, -0.2) is 21.6 Å². The van der Waals surface area contributed by atoms with Gasteiger partial charge in [0.15, 0.2) is 5.78 Å². The summed E-state index contributed by atoms with van der Waals surface area (Å²) in [4.78, 5) is 18.8. The first-order chi connectivity index (χ1) is 5.72. The number of halogens is 1. The first-order valence-corrected chi connectivity index (χ1v) is 4.11. The van der Waals surface area contributed by atoms with Crippen molar-refractivity contribution < 1.29 is 4.79 Å². The average molecular weight is 185 g/mol. The second-order valence-electron chi connectivity index (χ2n) is 2.50. The van der Waals surface area contributed by atoms with Crippen molar-refractivity contribution >= 4 is 17.4 Å². The summed E-state index contributed by atoms with van der Waals surface area (Å²) in [5.74, 6) is 0.0260. The molecule has 1 aromatic rings. The Hall–Kier alpha value is -0.960. The molecular weight excluding hydrogens is 176 g/mol. The topological polar surface area (TPSA) is 42.9 Å². The lowest BCUT2D eigenvalue weighted by Gasteiger charge is -1.97. The highest BCUT2D eigenvalue weighted by Crippen LogP contribution is 1.98. The molecule has 0 aliphatic heterocycles. The Kier molecular flexibility index (Phi) is 3.17. The van der Waals surface area contributed by atoms with Gasteiger partial charge in [-0.1, -0.05) is 0 Å². The maximum absolute atomic E-state index is 10.9. The minimum atomic E-state index is -0.0187. The summed E-state index contributed by atoms with van der Waals surface area (Å²) in [6, 6.07) is 1.78. The van der Waals surface area contributed by atoms with E-state index in [2.05, 4.69) is 9.97 Å². The smallest absolute Gasteiger partial charge is 0.153 e. The average Bonchev–Trinajstić information content (AvgIpc) is 2.04. The number of alkyl halides is 1. The van der Waals surface area contributed by atoms with E-state index < -0.39 is 0 Å².